The van der Waals surface area contributed by atoms with E-state index in [4.69, 9.17) is 0 Å². The van der Waals surface area contributed by atoms with Crippen LogP contribution in [-0.4, -0.2) is 5.97 Å². The average Bonchev–Trinajstić information content (AvgIpc) is 1.69. The highest BCUT2D eigenvalue weighted by Gasteiger charge is 2.07. The van der Waals surface area contributed by atoms with E-state index in [1.165, 1.54) is 0 Å². The number of nitrogens with one attached hydrogen (secondary N) is 1. The van der Waals surface area contributed by atoms with Crippen molar-refractivity contribution in [2.75, 3.05) is 0 Å². The summed E-state index contributed by atoms with van der Waals surface area (Å²) >= 11 is 0. The number of rotatable bonds is 0. The Labute approximate surface area is 41.6 Å². The van der Waals surface area contributed by atoms with Gasteiger partial charge in [0.25, 0.3) is 0 Å². The van der Waals surface area contributed by atoms with Crippen molar-refractivity contribution in [1.29, 1.82) is 0 Å². The van der Waals surface area contributed by atoms with Crippen molar-refractivity contribution in [3.63, 3.8) is 0 Å². The minimum absolute atomic E-state index is 0.209. The lowest BCUT2D eigenvalue weighted by Crippen LogP contribution is -2.22. The van der Waals surface area contributed by atoms with Gasteiger partial charge in [-0.3, -0.25) is 4.79 Å². The molecule has 0 unspecified atom stereocenters. The van der Waals surface area contributed by atoms with Crippen LogP contribution in [0.2, 0.25) is 0 Å². The Hall–Kier alpha value is -0.570. The molecule has 1 aliphatic rings. The summed E-state index contributed by atoms with van der Waals surface area (Å²) in [6.45, 7) is 2.62. The quantitative estimate of drug-likeness (QED) is 0.459. The fourth-order valence-corrected chi connectivity index (χ4v) is 0.360. The van der Waals surface area contributed by atoms with E-state index >= 15 is 0 Å². The van der Waals surface area contributed by atoms with Gasteiger partial charge in [0.15, 0.2) is 0 Å². The minimum Gasteiger partial charge on any atom is -0.370 e. The van der Waals surface area contributed by atoms with Crippen molar-refractivity contribution in [2.45, 2.75) is 12.8 Å². The molecule has 1 aliphatic heterocycles. The molecule has 1 fully saturated rings. The van der Waals surface area contributed by atoms with Gasteiger partial charge in [0, 0.05) is 6.42 Å². The molecule has 1 saturated heterocycles. The summed E-state index contributed by atoms with van der Waals surface area (Å²) in [5.74, 6) is -0.209. The standard InChI is InChI=1S/C4H5NO2/c6-4-2-1-3-5-7-4/h5H,1-2H2. The Morgan fingerprint density at radius 2 is 2.71 bits per heavy atom. The maximum absolute atomic E-state index is 10.1. The summed E-state index contributed by atoms with van der Waals surface area (Å²) < 4.78 is 0. The molecule has 0 aliphatic carbocycles. The summed E-state index contributed by atoms with van der Waals surface area (Å²) in [5, 5.41) is 0. The molecule has 0 saturated carbocycles. The van der Waals surface area contributed by atoms with Gasteiger partial charge in [-0.2, -0.15) is 0 Å². The van der Waals surface area contributed by atoms with Gasteiger partial charge in [0.05, 0.1) is 0 Å². The third-order valence-electron chi connectivity index (χ3n) is 0.691. The zero-order chi connectivity index (χ0) is 5.11. The minimum atomic E-state index is -0.209. The van der Waals surface area contributed by atoms with E-state index in [1.807, 2.05) is 0 Å². The zero-order valence-electron chi connectivity index (χ0n) is 3.73. The molecule has 38 valence electrons. The van der Waals surface area contributed by atoms with Crippen LogP contribution >= 0.6 is 0 Å². The monoisotopic (exact) mass is 99.0 g/mol. The van der Waals surface area contributed by atoms with Crippen molar-refractivity contribution >= 4 is 5.97 Å². The lowest BCUT2D eigenvalue weighted by atomic mass is 10.3. The number of hydroxylamine groups is 1. The van der Waals surface area contributed by atoms with Crippen LogP contribution in [0.4, 0.5) is 0 Å². The van der Waals surface area contributed by atoms with Crippen molar-refractivity contribution in [2.24, 2.45) is 0 Å². The molecule has 0 spiro atoms. The van der Waals surface area contributed by atoms with E-state index in [-0.39, 0.29) is 5.97 Å². The Bertz CT molecular complexity index is 73.8. The molecule has 0 aromatic rings. The van der Waals surface area contributed by atoms with Crippen LogP contribution in [0.15, 0.2) is 0 Å². The lowest BCUT2D eigenvalue weighted by Gasteiger charge is -2.07. The first-order chi connectivity index (χ1) is 3.39. The third kappa shape index (κ3) is 1.16. The molecule has 7 heavy (non-hydrogen) atoms. The molecule has 0 aromatic carbocycles. The van der Waals surface area contributed by atoms with Gasteiger partial charge in [-0.15, -0.1) is 5.48 Å². The van der Waals surface area contributed by atoms with Crippen molar-refractivity contribution < 1.29 is 9.63 Å². The van der Waals surface area contributed by atoms with Crippen molar-refractivity contribution in [3.8, 4) is 0 Å². The summed E-state index contributed by atoms with van der Waals surface area (Å²) in [6, 6.07) is 0. The van der Waals surface area contributed by atoms with Crippen LogP contribution < -0.4 is 5.48 Å². The van der Waals surface area contributed by atoms with Gasteiger partial charge in [-0.25, -0.2) is 0 Å². The second kappa shape index (κ2) is 1.93. The van der Waals surface area contributed by atoms with Gasteiger partial charge < -0.3 is 4.84 Å². The highest BCUT2D eigenvalue weighted by Crippen LogP contribution is 1.98. The van der Waals surface area contributed by atoms with Crippen LogP contribution in [0.5, 0.6) is 0 Å². The Balaban J connectivity index is 2.25. The smallest absolute Gasteiger partial charge is 0.324 e. The normalized spacial score (nSPS) is 21.4. The summed E-state index contributed by atoms with van der Waals surface area (Å²) in [4.78, 5) is 14.4. The maximum atomic E-state index is 10.1. The molecule has 0 amide bonds. The number of carbonyl (C=O) groups excluding carboxylic acids is 1. The molecule has 0 aromatic heterocycles. The summed E-state index contributed by atoms with van der Waals surface area (Å²) in [5.41, 5.74) is 2.23. The number of carbonyl (C=O) groups is 1. The van der Waals surface area contributed by atoms with Gasteiger partial charge >= 0.3 is 5.97 Å². The molecule has 0 bridgehead atoms. The van der Waals surface area contributed by atoms with E-state index in [2.05, 4.69) is 16.9 Å². The first kappa shape index (κ1) is 4.59. The Morgan fingerprint density at radius 3 is 3.00 bits per heavy atom. The van der Waals surface area contributed by atoms with Crippen LogP contribution in [0.25, 0.3) is 0 Å². The molecule has 1 rings (SSSR count). The van der Waals surface area contributed by atoms with Crippen molar-refractivity contribution in [1.82, 2.24) is 5.48 Å². The first-order valence-corrected chi connectivity index (χ1v) is 2.07. The highest BCUT2D eigenvalue weighted by molar-refractivity contribution is 5.69. The molecular formula is C4H5NO2. The fourth-order valence-electron chi connectivity index (χ4n) is 0.360. The van der Waals surface area contributed by atoms with Gasteiger partial charge in [-0.1, -0.05) is 0 Å². The SMILES string of the molecule is O=C1CC[C]NO1. The molecule has 3 heteroatoms. The third-order valence-corrected chi connectivity index (χ3v) is 0.691. The number of hydrogen-bond acceptors (Lipinski definition) is 3. The maximum Gasteiger partial charge on any atom is 0.324 e. The predicted molar refractivity (Wildman–Crippen MR) is 21.7 cm³/mol. The number of hydrogen-bond donors (Lipinski definition) is 1. The summed E-state index contributed by atoms with van der Waals surface area (Å²) in [7, 11) is 0. The molecule has 1 N–H and O–H groups in total. The molecule has 1 heterocycles. The van der Waals surface area contributed by atoms with Crippen LogP contribution in [0.1, 0.15) is 12.8 Å². The van der Waals surface area contributed by atoms with Gasteiger partial charge in [0.1, 0.15) is 6.54 Å². The first-order valence-electron chi connectivity index (χ1n) is 2.07. The predicted octanol–water partition coefficient (Wildman–Crippen LogP) is -0.133. The van der Waals surface area contributed by atoms with Crippen LogP contribution in [-0.2, 0) is 9.63 Å². The Morgan fingerprint density at radius 1 is 1.86 bits per heavy atom. The van der Waals surface area contributed by atoms with Crippen LogP contribution in [0, 0.1) is 6.54 Å². The molecule has 2 radical (unpaired) electrons. The van der Waals surface area contributed by atoms with Crippen molar-refractivity contribution in [3.05, 3.63) is 6.54 Å². The average molecular weight is 99.1 g/mol. The zero-order valence-corrected chi connectivity index (χ0v) is 3.73. The molecule has 3 nitrogen and oxygen atoms in total. The lowest BCUT2D eigenvalue weighted by molar-refractivity contribution is -0.152. The van der Waals surface area contributed by atoms with E-state index < -0.39 is 0 Å². The van der Waals surface area contributed by atoms with Gasteiger partial charge in [0.2, 0.25) is 0 Å². The van der Waals surface area contributed by atoms with E-state index in [1.54, 1.807) is 0 Å². The van der Waals surface area contributed by atoms with E-state index in [9.17, 15) is 4.79 Å². The van der Waals surface area contributed by atoms with E-state index in [0.29, 0.717) is 12.8 Å². The van der Waals surface area contributed by atoms with Gasteiger partial charge in [-0.05, 0) is 6.42 Å². The highest BCUT2D eigenvalue weighted by atomic mass is 16.7. The fraction of sp³-hybridized carbons (Fsp3) is 0.500. The van der Waals surface area contributed by atoms with Crippen LogP contribution in [0.3, 0.4) is 0 Å². The summed E-state index contributed by atoms with van der Waals surface area (Å²) in [6.07, 6.45) is 1.10. The molecule has 0 atom stereocenters. The Kier molecular flexibility index (Phi) is 1.26. The second-order valence-corrected chi connectivity index (χ2v) is 1.25. The van der Waals surface area contributed by atoms with E-state index in [0.717, 1.165) is 0 Å². The largest absolute Gasteiger partial charge is 0.370 e. The topological polar surface area (TPSA) is 38.3 Å². The second-order valence-electron chi connectivity index (χ2n) is 1.25. The molecular weight excluding hydrogens is 94.0 g/mol.